The molecule has 3 N–H and O–H groups in total. The van der Waals surface area contributed by atoms with Gasteiger partial charge in [0.1, 0.15) is 0 Å². The summed E-state index contributed by atoms with van der Waals surface area (Å²) in [5.41, 5.74) is 8.81. The fraction of sp³-hybridized carbons (Fsp3) is 0.0741. The average Bonchev–Trinajstić information content (AvgIpc) is 2.93. The predicted octanol–water partition coefficient (Wildman–Crippen LogP) is 3.52. The Bertz CT molecular complexity index is 1760. The SMILES string of the molecule is COc1ncc(-c2ccc3nc(N)n(-c4ccccc4)c(=O)c3c2)cc1CNS(=O)(=O)c1ccccc1. The Morgan fingerprint density at radius 2 is 1.65 bits per heavy atom. The van der Waals surface area contributed by atoms with Gasteiger partial charge in [0.25, 0.3) is 5.56 Å². The van der Waals surface area contributed by atoms with E-state index in [1.54, 1.807) is 54.7 Å². The van der Waals surface area contributed by atoms with E-state index in [1.807, 2.05) is 24.3 Å². The number of fused-ring (bicyclic) bond motifs is 1. The maximum atomic E-state index is 13.4. The Morgan fingerprint density at radius 3 is 2.35 bits per heavy atom. The Balaban J connectivity index is 1.53. The molecule has 10 heteroatoms. The van der Waals surface area contributed by atoms with Crippen LogP contribution < -0.4 is 20.8 Å². The highest BCUT2D eigenvalue weighted by Gasteiger charge is 2.17. The minimum atomic E-state index is -3.73. The summed E-state index contributed by atoms with van der Waals surface area (Å²) in [5, 5.41) is 0.387. The average molecular weight is 514 g/mol. The summed E-state index contributed by atoms with van der Waals surface area (Å²) in [4.78, 5) is 22.3. The first kappa shape index (κ1) is 24.2. The number of nitrogen functional groups attached to an aromatic ring is 1. The van der Waals surface area contributed by atoms with Crippen LogP contribution in [0.4, 0.5) is 5.95 Å². The van der Waals surface area contributed by atoms with Gasteiger partial charge in [0.15, 0.2) is 0 Å². The number of methoxy groups -OCH3 is 1. The lowest BCUT2D eigenvalue weighted by atomic mass is 10.0. The number of rotatable bonds is 7. The third kappa shape index (κ3) is 4.80. The number of hydrogen-bond donors (Lipinski definition) is 2. The van der Waals surface area contributed by atoms with E-state index in [0.717, 1.165) is 0 Å². The molecule has 0 fully saturated rings. The fourth-order valence-electron chi connectivity index (χ4n) is 4.03. The zero-order valence-electron chi connectivity index (χ0n) is 19.8. The molecule has 0 saturated carbocycles. The minimum absolute atomic E-state index is 0.0340. The van der Waals surface area contributed by atoms with E-state index in [4.69, 9.17) is 10.5 Å². The van der Waals surface area contributed by atoms with Gasteiger partial charge in [-0.05, 0) is 48.0 Å². The Morgan fingerprint density at radius 1 is 0.946 bits per heavy atom. The van der Waals surface area contributed by atoms with Crippen molar-refractivity contribution in [3.05, 3.63) is 107 Å². The molecule has 2 aromatic heterocycles. The topological polar surface area (TPSA) is 129 Å². The number of sulfonamides is 1. The van der Waals surface area contributed by atoms with E-state index >= 15 is 0 Å². The van der Waals surface area contributed by atoms with E-state index < -0.39 is 10.0 Å². The third-order valence-electron chi connectivity index (χ3n) is 5.87. The van der Waals surface area contributed by atoms with Crippen molar-refractivity contribution in [2.75, 3.05) is 12.8 Å². The maximum absolute atomic E-state index is 13.4. The second-order valence-electron chi connectivity index (χ2n) is 8.21. The first-order valence-electron chi connectivity index (χ1n) is 11.3. The molecule has 0 amide bonds. The number of hydrogen-bond acceptors (Lipinski definition) is 7. The van der Waals surface area contributed by atoms with Gasteiger partial charge in [-0.25, -0.2) is 27.7 Å². The van der Waals surface area contributed by atoms with Crippen LogP contribution in [0.2, 0.25) is 0 Å². The largest absolute Gasteiger partial charge is 0.481 e. The fourth-order valence-corrected chi connectivity index (χ4v) is 5.06. The normalized spacial score (nSPS) is 11.5. The molecule has 0 radical (unpaired) electrons. The second kappa shape index (κ2) is 9.84. The number of anilines is 1. The molecule has 0 atom stereocenters. The molecule has 5 aromatic rings. The predicted molar refractivity (Wildman–Crippen MR) is 142 cm³/mol. The van der Waals surface area contributed by atoms with Crippen molar-refractivity contribution in [1.82, 2.24) is 19.3 Å². The van der Waals surface area contributed by atoms with Gasteiger partial charge in [-0.15, -0.1) is 0 Å². The zero-order valence-corrected chi connectivity index (χ0v) is 20.6. The van der Waals surface area contributed by atoms with Crippen molar-refractivity contribution in [2.24, 2.45) is 0 Å². The van der Waals surface area contributed by atoms with Crippen molar-refractivity contribution in [3.63, 3.8) is 0 Å². The van der Waals surface area contributed by atoms with Crippen LogP contribution in [0.3, 0.4) is 0 Å². The minimum Gasteiger partial charge on any atom is -0.481 e. The number of pyridine rings is 1. The van der Waals surface area contributed by atoms with Crippen molar-refractivity contribution in [1.29, 1.82) is 0 Å². The summed E-state index contributed by atoms with van der Waals surface area (Å²) >= 11 is 0. The number of ether oxygens (including phenoxy) is 1. The number of benzene rings is 3. The number of aromatic nitrogens is 3. The molecule has 0 bridgehead atoms. The lowest BCUT2D eigenvalue weighted by Gasteiger charge is -2.13. The molecule has 0 aliphatic carbocycles. The molecule has 3 aromatic carbocycles. The quantitative estimate of drug-likeness (QED) is 0.341. The molecular formula is C27H23N5O4S. The van der Waals surface area contributed by atoms with Gasteiger partial charge < -0.3 is 10.5 Å². The first-order chi connectivity index (χ1) is 17.9. The molecule has 9 nitrogen and oxygen atoms in total. The summed E-state index contributed by atoms with van der Waals surface area (Å²) in [5.74, 6) is 0.386. The Labute approximate surface area is 213 Å². The smallest absolute Gasteiger partial charge is 0.267 e. The maximum Gasteiger partial charge on any atom is 0.267 e. The summed E-state index contributed by atoms with van der Waals surface area (Å²) in [6, 6.07) is 24.2. The monoisotopic (exact) mass is 513 g/mol. The molecule has 5 rings (SSSR count). The van der Waals surface area contributed by atoms with Gasteiger partial charge in [0.2, 0.25) is 21.9 Å². The molecule has 186 valence electrons. The molecule has 0 saturated heterocycles. The van der Waals surface area contributed by atoms with E-state index in [0.29, 0.717) is 39.2 Å². The molecule has 0 unspecified atom stereocenters. The van der Waals surface area contributed by atoms with E-state index in [-0.39, 0.29) is 22.9 Å². The van der Waals surface area contributed by atoms with Gasteiger partial charge in [0, 0.05) is 23.9 Å². The van der Waals surface area contributed by atoms with Crippen LogP contribution in [0.5, 0.6) is 5.88 Å². The lowest BCUT2D eigenvalue weighted by Crippen LogP contribution is -2.23. The number of nitrogens with two attached hydrogens (primary N) is 1. The van der Waals surface area contributed by atoms with Crippen LogP contribution in [0.25, 0.3) is 27.7 Å². The van der Waals surface area contributed by atoms with Crippen LogP contribution in [0.1, 0.15) is 5.56 Å². The third-order valence-corrected chi connectivity index (χ3v) is 7.28. The Kier molecular flexibility index (Phi) is 6.43. The summed E-state index contributed by atoms with van der Waals surface area (Å²) in [6.07, 6.45) is 1.61. The van der Waals surface area contributed by atoms with Gasteiger partial charge >= 0.3 is 0 Å². The highest BCUT2D eigenvalue weighted by molar-refractivity contribution is 7.89. The van der Waals surface area contributed by atoms with Gasteiger partial charge in [-0.3, -0.25) is 4.79 Å². The van der Waals surface area contributed by atoms with Crippen molar-refractivity contribution in [3.8, 4) is 22.7 Å². The van der Waals surface area contributed by atoms with Crippen LogP contribution >= 0.6 is 0 Å². The van der Waals surface area contributed by atoms with Gasteiger partial charge in [-0.2, -0.15) is 0 Å². The number of nitrogens with zero attached hydrogens (tertiary/aromatic N) is 3. The van der Waals surface area contributed by atoms with Crippen LogP contribution in [0, 0.1) is 0 Å². The summed E-state index contributed by atoms with van der Waals surface area (Å²) < 4.78 is 34.7. The van der Waals surface area contributed by atoms with Crippen LogP contribution in [0.15, 0.2) is 101 Å². The Hall–Kier alpha value is -4.54. The number of para-hydroxylation sites is 1. The summed E-state index contributed by atoms with van der Waals surface area (Å²) in [6.45, 7) is -0.0340. The van der Waals surface area contributed by atoms with E-state index in [2.05, 4.69) is 14.7 Å². The lowest BCUT2D eigenvalue weighted by molar-refractivity contribution is 0.392. The molecule has 0 aliphatic rings. The second-order valence-corrected chi connectivity index (χ2v) is 9.97. The van der Waals surface area contributed by atoms with E-state index in [1.165, 1.54) is 23.8 Å². The number of nitrogens with one attached hydrogen (secondary N) is 1. The van der Waals surface area contributed by atoms with Gasteiger partial charge in [0.05, 0.1) is 28.6 Å². The van der Waals surface area contributed by atoms with Gasteiger partial charge in [-0.1, -0.05) is 42.5 Å². The van der Waals surface area contributed by atoms with Crippen LogP contribution in [-0.4, -0.2) is 30.1 Å². The standard InChI is InChI=1S/C27H23N5O4S/c1-36-25-20(17-30-37(34,35)22-10-6-3-7-11-22)14-19(16-29-25)18-12-13-24-23(15-18)26(33)32(27(28)31-24)21-8-4-2-5-9-21/h2-16,30H,17H2,1H3,(H2,28,31). The summed E-state index contributed by atoms with van der Waals surface area (Å²) in [7, 11) is -2.26. The first-order valence-corrected chi connectivity index (χ1v) is 12.8. The molecule has 0 spiro atoms. The molecule has 2 heterocycles. The highest BCUT2D eigenvalue weighted by Crippen LogP contribution is 2.27. The molecule has 0 aliphatic heterocycles. The van der Waals surface area contributed by atoms with Crippen molar-refractivity contribution in [2.45, 2.75) is 11.4 Å². The van der Waals surface area contributed by atoms with Crippen LogP contribution in [-0.2, 0) is 16.6 Å². The molecular weight excluding hydrogens is 490 g/mol. The molecule has 37 heavy (non-hydrogen) atoms. The highest BCUT2D eigenvalue weighted by atomic mass is 32.2. The zero-order chi connectivity index (χ0) is 26.0. The van der Waals surface area contributed by atoms with E-state index in [9.17, 15) is 13.2 Å². The van der Waals surface area contributed by atoms with Crippen molar-refractivity contribution < 1.29 is 13.2 Å². The van der Waals surface area contributed by atoms with Crippen molar-refractivity contribution >= 4 is 26.9 Å².